The third kappa shape index (κ3) is 2.32. The number of benzene rings is 1. The molecule has 14 heavy (non-hydrogen) atoms. The lowest BCUT2D eigenvalue weighted by molar-refractivity contribution is -0.116. The van der Waals surface area contributed by atoms with E-state index < -0.39 is 5.38 Å². The van der Waals surface area contributed by atoms with Crippen molar-refractivity contribution in [3.8, 4) is 0 Å². The lowest BCUT2D eigenvalue weighted by Crippen LogP contribution is -2.05. The minimum atomic E-state index is -0.662. The van der Waals surface area contributed by atoms with Gasteiger partial charge >= 0.3 is 0 Å². The van der Waals surface area contributed by atoms with Crippen molar-refractivity contribution in [2.24, 2.45) is 0 Å². The molecule has 1 nitrogen and oxygen atoms in total. The largest absolute Gasteiger partial charge is 0.298 e. The van der Waals surface area contributed by atoms with Crippen LogP contribution in [0.4, 0.5) is 4.39 Å². The molecule has 0 heterocycles. The highest BCUT2D eigenvalue weighted by atomic mass is 35.5. The monoisotopic (exact) mass is 214 g/mol. The van der Waals surface area contributed by atoms with Crippen LogP contribution in [0.25, 0.3) is 0 Å². The Morgan fingerprint density at radius 2 is 2.21 bits per heavy atom. The van der Waals surface area contributed by atoms with Gasteiger partial charge in [-0.25, -0.2) is 4.39 Å². The van der Waals surface area contributed by atoms with E-state index >= 15 is 0 Å². The molecule has 0 spiro atoms. The summed E-state index contributed by atoms with van der Waals surface area (Å²) in [6.45, 7) is 3.34. The summed E-state index contributed by atoms with van der Waals surface area (Å²) in [6.07, 6.45) is 0.670. The van der Waals surface area contributed by atoms with Gasteiger partial charge in [-0.05, 0) is 36.6 Å². The first-order valence-electron chi connectivity index (χ1n) is 4.49. The Labute approximate surface area is 87.9 Å². The van der Waals surface area contributed by atoms with E-state index in [2.05, 4.69) is 0 Å². The van der Waals surface area contributed by atoms with Gasteiger partial charge in [0.25, 0.3) is 0 Å². The number of alkyl halides is 1. The van der Waals surface area contributed by atoms with Crippen LogP contribution in [0, 0.1) is 5.82 Å². The van der Waals surface area contributed by atoms with Crippen LogP contribution >= 0.6 is 11.6 Å². The van der Waals surface area contributed by atoms with Crippen molar-refractivity contribution in [2.45, 2.75) is 25.6 Å². The second-order valence-electron chi connectivity index (χ2n) is 3.17. The highest BCUT2D eigenvalue weighted by Gasteiger charge is 2.16. The fourth-order valence-electron chi connectivity index (χ4n) is 1.35. The lowest BCUT2D eigenvalue weighted by atomic mass is 10.0. The third-order valence-corrected chi connectivity index (χ3v) is 2.66. The summed E-state index contributed by atoms with van der Waals surface area (Å²) in [4.78, 5) is 11.1. The van der Waals surface area contributed by atoms with Crippen LogP contribution in [-0.4, -0.2) is 5.78 Å². The topological polar surface area (TPSA) is 17.1 Å². The van der Waals surface area contributed by atoms with Gasteiger partial charge in [-0.2, -0.15) is 0 Å². The summed E-state index contributed by atoms with van der Waals surface area (Å²) in [5, 5.41) is -0.662. The average Bonchev–Trinajstić information content (AvgIpc) is 2.16. The average molecular weight is 215 g/mol. The summed E-state index contributed by atoms with van der Waals surface area (Å²) in [5.41, 5.74) is 1.50. The fraction of sp³-hybridized carbons (Fsp3) is 0.364. The van der Waals surface area contributed by atoms with Crippen molar-refractivity contribution in [2.75, 3.05) is 0 Å². The van der Waals surface area contributed by atoms with Gasteiger partial charge in [0.05, 0.1) is 0 Å². The SMILES string of the molecule is CCc1cc(F)ccc1C(Cl)C(C)=O. The third-order valence-electron chi connectivity index (χ3n) is 2.12. The second-order valence-corrected chi connectivity index (χ2v) is 3.61. The number of halogens is 2. The zero-order chi connectivity index (χ0) is 10.7. The number of ketones is 1. The molecule has 0 amide bonds. The van der Waals surface area contributed by atoms with Crippen LogP contribution in [0.1, 0.15) is 30.4 Å². The Kier molecular flexibility index (Phi) is 3.64. The molecule has 0 saturated carbocycles. The van der Waals surface area contributed by atoms with Gasteiger partial charge in [-0.15, -0.1) is 11.6 Å². The Bertz CT molecular complexity index is 349. The molecule has 0 radical (unpaired) electrons. The summed E-state index contributed by atoms with van der Waals surface area (Å²) in [7, 11) is 0. The molecule has 0 saturated heterocycles. The lowest BCUT2D eigenvalue weighted by Gasteiger charge is -2.11. The predicted molar refractivity (Wildman–Crippen MR) is 55.1 cm³/mol. The van der Waals surface area contributed by atoms with Crippen molar-refractivity contribution in [3.63, 3.8) is 0 Å². The molecular weight excluding hydrogens is 203 g/mol. The molecule has 0 fully saturated rings. The smallest absolute Gasteiger partial charge is 0.152 e. The number of carbonyl (C=O) groups excluding carboxylic acids is 1. The Morgan fingerprint density at radius 1 is 1.57 bits per heavy atom. The highest BCUT2D eigenvalue weighted by Crippen LogP contribution is 2.25. The van der Waals surface area contributed by atoms with Crippen molar-refractivity contribution in [1.82, 2.24) is 0 Å². The predicted octanol–water partition coefficient (Wildman–Crippen LogP) is 3.26. The van der Waals surface area contributed by atoms with E-state index in [0.29, 0.717) is 12.0 Å². The summed E-state index contributed by atoms with van der Waals surface area (Å²) in [6, 6.07) is 4.33. The quantitative estimate of drug-likeness (QED) is 0.706. The molecule has 1 rings (SSSR count). The second kappa shape index (κ2) is 4.56. The van der Waals surface area contributed by atoms with E-state index in [1.54, 1.807) is 6.07 Å². The first-order valence-corrected chi connectivity index (χ1v) is 4.92. The molecule has 0 aliphatic heterocycles. The summed E-state index contributed by atoms with van der Waals surface area (Å²) >= 11 is 5.91. The molecular formula is C11H12ClFO. The van der Waals surface area contributed by atoms with E-state index in [9.17, 15) is 9.18 Å². The number of Topliss-reactive ketones (excluding diaryl/α,β-unsaturated/α-hetero) is 1. The molecule has 0 aliphatic rings. The summed E-state index contributed by atoms with van der Waals surface area (Å²) in [5.74, 6) is -0.411. The molecule has 1 aromatic rings. The zero-order valence-corrected chi connectivity index (χ0v) is 8.94. The Hall–Kier alpha value is -0.890. The molecule has 0 aliphatic carbocycles. The van der Waals surface area contributed by atoms with Gasteiger partial charge < -0.3 is 0 Å². The van der Waals surface area contributed by atoms with Crippen LogP contribution in [0.3, 0.4) is 0 Å². The highest BCUT2D eigenvalue weighted by molar-refractivity contribution is 6.30. The summed E-state index contributed by atoms with van der Waals surface area (Å²) < 4.78 is 12.9. The van der Waals surface area contributed by atoms with Gasteiger partial charge in [0.1, 0.15) is 11.2 Å². The first kappa shape index (κ1) is 11.2. The number of rotatable bonds is 3. The van der Waals surface area contributed by atoms with E-state index in [4.69, 9.17) is 11.6 Å². The molecule has 0 bridgehead atoms. The number of carbonyl (C=O) groups is 1. The van der Waals surface area contributed by atoms with Crippen LogP contribution in [-0.2, 0) is 11.2 Å². The fourth-order valence-corrected chi connectivity index (χ4v) is 1.56. The maximum atomic E-state index is 12.9. The van der Waals surface area contributed by atoms with Gasteiger partial charge in [0, 0.05) is 0 Å². The van der Waals surface area contributed by atoms with Crippen LogP contribution in [0.2, 0.25) is 0 Å². The molecule has 1 aromatic carbocycles. The van der Waals surface area contributed by atoms with Crippen molar-refractivity contribution in [3.05, 3.63) is 35.1 Å². The number of hydrogen-bond acceptors (Lipinski definition) is 1. The van der Waals surface area contributed by atoms with E-state index in [1.165, 1.54) is 19.1 Å². The number of aryl methyl sites for hydroxylation is 1. The van der Waals surface area contributed by atoms with Gasteiger partial charge in [-0.1, -0.05) is 13.0 Å². The standard InChI is InChI=1S/C11H12ClFO/c1-3-8-6-9(13)4-5-10(8)11(12)7(2)14/h4-6,11H,3H2,1-2H3. The number of hydrogen-bond donors (Lipinski definition) is 0. The minimum Gasteiger partial charge on any atom is -0.298 e. The van der Waals surface area contributed by atoms with E-state index in [0.717, 1.165) is 5.56 Å². The van der Waals surface area contributed by atoms with Crippen LogP contribution in [0.15, 0.2) is 18.2 Å². The zero-order valence-electron chi connectivity index (χ0n) is 8.18. The van der Waals surface area contributed by atoms with Gasteiger partial charge in [-0.3, -0.25) is 4.79 Å². The van der Waals surface area contributed by atoms with Crippen molar-refractivity contribution >= 4 is 17.4 Å². The molecule has 0 aromatic heterocycles. The molecule has 1 unspecified atom stereocenters. The normalized spacial score (nSPS) is 12.6. The molecule has 0 N–H and O–H groups in total. The molecule has 1 atom stereocenters. The van der Waals surface area contributed by atoms with E-state index in [-0.39, 0.29) is 11.6 Å². The van der Waals surface area contributed by atoms with Gasteiger partial charge in [0.15, 0.2) is 5.78 Å². The van der Waals surface area contributed by atoms with Crippen molar-refractivity contribution in [1.29, 1.82) is 0 Å². The molecule has 76 valence electrons. The van der Waals surface area contributed by atoms with Crippen LogP contribution < -0.4 is 0 Å². The van der Waals surface area contributed by atoms with Crippen molar-refractivity contribution < 1.29 is 9.18 Å². The maximum Gasteiger partial charge on any atom is 0.152 e. The maximum absolute atomic E-state index is 12.9. The Morgan fingerprint density at radius 3 is 2.71 bits per heavy atom. The molecule has 3 heteroatoms. The van der Waals surface area contributed by atoms with E-state index in [1.807, 2.05) is 6.92 Å². The van der Waals surface area contributed by atoms with Crippen LogP contribution in [0.5, 0.6) is 0 Å². The first-order chi connectivity index (χ1) is 6.56. The Balaban J connectivity index is 3.13. The van der Waals surface area contributed by atoms with Gasteiger partial charge in [0.2, 0.25) is 0 Å². The minimum absolute atomic E-state index is 0.118.